The van der Waals surface area contributed by atoms with Crippen LogP contribution in [0.15, 0.2) is 42.5 Å². The predicted molar refractivity (Wildman–Crippen MR) is 73.7 cm³/mol. The number of nitrogens with two attached hydrogens (primary N) is 1. The normalized spacial score (nSPS) is 19.1. The smallest absolute Gasteiger partial charge is 0.240 e. The van der Waals surface area contributed by atoms with Crippen LogP contribution in [0.25, 0.3) is 10.8 Å². The third-order valence-electron chi connectivity index (χ3n) is 3.57. The minimum atomic E-state index is -0.529. The van der Waals surface area contributed by atoms with Crippen LogP contribution in [0.1, 0.15) is 12.8 Å². The number of carbonyl (C=O) groups excluding carboxylic acids is 2. The lowest BCUT2D eigenvalue weighted by molar-refractivity contribution is -0.121. The topological polar surface area (TPSA) is 63.4 Å². The van der Waals surface area contributed by atoms with Crippen LogP contribution in [0.5, 0.6) is 0 Å². The molecule has 2 amide bonds. The van der Waals surface area contributed by atoms with Gasteiger partial charge >= 0.3 is 0 Å². The summed E-state index contributed by atoms with van der Waals surface area (Å²) in [7, 11) is 0. The molecule has 19 heavy (non-hydrogen) atoms. The van der Waals surface area contributed by atoms with E-state index in [0.717, 1.165) is 16.5 Å². The predicted octanol–water partition coefficient (Wildman–Crippen LogP) is 1.82. The third-order valence-corrected chi connectivity index (χ3v) is 3.57. The number of rotatable bonds is 2. The summed E-state index contributed by atoms with van der Waals surface area (Å²) in [4.78, 5) is 25.1. The highest BCUT2D eigenvalue weighted by Crippen LogP contribution is 2.32. The van der Waals surface area contributed by atoms with Gasteiger partial charge in [0.15, 0.2) is 0 Å². The van der Waals surface area contributed by atoms with Gasteiger partial charge < -0.3 is 5.73 Å². The number of carbonyl (C=O) groups is 2. The van der Waals surface area contributed by atoms with Crippen molar-refractivity contribution < 1.29 is 9.59 Å². The van der Waals surface area contributed by atoms with Gasteiger partial charge in [-0.15, -0.1) is 0 Å². The lowest BCUT2D eigenvalue weighted by Gasteiger charge is -2.24. The van der Waals surface area contributed by atoms with Crippen molar-refractivity contribution in [2.75, 3.05) is 4.90 Å². The molecule has 1 aliphatic rings. The second-order valence-electron chi connectivity index (χ2n) is 4.72. The molecule has 0 saturated carbocycles. The van der Waals surface area contributed by atoms with E-state index in [1.165, 1.54) is 0 Å². The van der Waals surface area contributed by atoms with Crippen molar-refractivity contribution in [3.63, 3.8) is 0 Å². The zero-order chi connectivity index (χ0) is 13.4. The number of nitrogens with zero attached hydrogens (tertiary/aromatic N) is 1. The molecule has 2 aromatic carbocycles. The number of anilines is 1. The molecule has 1 atom stereocenters. The fourth-order valence-corrected chi connectivity index (χ4v) is 2.67. The highest BCUT2D eigenvalue weighted by Gasteiger charge is 2.36. The Kier molecular flexibility index (Phi) is 2.71. The van der Waals surface area contributed by atoms with Gasteiger partial charge in [-0.25, -0.2) is 0 Å². The van der Waals surface area contributed by atoms with Gasteiger partial charge in [0, 0.05) is 11.8 Å². The van der Waals surface area contributed by atoms with Crippen molar-refractivity contribution >= 4 is 28.3 Å². The Labute approximate surface area is 110 Å². The monoisotopic (exact) mass is 254 g/mol. The van der Waals surface area contributed by atoms with Crippen molar-refractivity contribution in [2.24, 2.45) is 5.73 Å². The van der Waals surface area contributed by atoms with Crippen molar-refractivity contribution in [1.82, 2.24) is 0 Å². The van der Waals surface area contributed by atoms with E-state index in [0.29, 0.717) is 12.8 Å². The Morgan fingerprint density at radius 2 is 1.89 bits per heavy atom. The first-order valence-electron chi connectivity index (χ1n) is 6.27. The van der Waals surface area contributed by atoms with E-state index in [1.54, 1.807) is 4.90 Å². The average molecular weight is 254 g/mol. The highest BCUT2D eigenvalue weighted by molar-refractivity contribution is 6.09. The summed E-state index contributed by atoms with van der Waals surface area (Å²) in [6, 6.07) is 13.0. The molecule has 4 nitrogen and oxygen atoms in total. The molecule has 2 aromatic rings. The molecule has 3 rings (SSSR count). The molecule has 0 aliphatic carbocycles. The van der Waals surface area contributed by atoms with Crippen LogP contribution in [0.2, 0.25) is 0 Å². The minimum absolute atomic E-state index is 0.0415. The lowest BCUT2D eigenvalue weighted by Crippen LogP contribution is -2.42. The Morgan fingerprint density at radius 1 is 1.16 bits per heavy atom. The first-order valence-corrected chi connectivity index (χ1v) is 6.27. The zero-order valence-electron chi connectivity index (χ0n) is 10.4. The van der Waals surface area contributed by atoms with Crippen LogP contribution >= 0.6 is 0 Å². The van der Waals surface area contributed by atoms with Crippen LogP contribution in [0, 0.1) is 0 Å². The summed E-state index contributed by atoms with van der Waals surface area (Å²) in [5.74, 6) is -0.487. The molecule has 0 spiro atoms. The van der Waals surface area contributed by atoms with Gasteiger partial charge in [-0.2, -0.15) is 0 Å². The zero-order valence-corrected chi connectivity index (χ0v) is 10.4. The molecule has 1 unspecified atom stereocenters. The molecule has 2 N–H and O–H groups in total. The van der Waals surface area contributed by atoms with E-state index in [9.17, 15) is 9.59 Å². The summed E-state index contributed by atoms with van der Waals surface area (Å²) in [6.07, 6.45) is 0.869. The molecule has 1 heterocycles. The molecule has 4 heteroatoms. The summed E-state index contributed by atoms with van der Waals surface area (Å²) in [5.41, 5.74) is 6.17. The molecule has 0 radical (unpaired) electrons. The summed E-state index contributed by atoms with van der Waals surface area (Å²) < 4.78 is 0. The standard InChI is InChI=1S/C15H14N2O2/c16-15(19)13-8-9-14(18)17(13)12-7-3-5-10-4-1-2-6-11(10)12/h1-7,13H,8-9H2,(H2,16,19). The summed E-state index contributed by atoms with van der Waals surface area (Å²) >= 11 is 0. The largest absolute Gasteiger partial charge is 0.368 e. The molecular weight excluding hydrogens is 240 g/mol. The van der Waals surface area contributed by atoms with Gasteiger partial charge in [-0.1, -0.05) is 36.4 Å². The van der Waals surface area contributed by atoms with Crippen molar-refractivity contribution in [3.8, 4) is 0 Å². The van der Waals surface area contributed by atoms with Crippen LogP contribution in [-0.4, -0.2) is 17.9 Å². The lowest BCUT2D eigenvalue weighted by atomic mass is 10.1. The SMILES string of the molecule is NC(=O)C1CCC(=O)N1c1cccc2ccccc12. The number of fused-ring (bicyclic) bond motifs is 1. The van der Waals surface area contributed by atoms with Crippen LogP contribution in [0.3, 0.4) is 0 Å². The Hall–Kier alpha value is -2.36. The van der Waals surface area contributed by atoms with Gasteiger partial charge in [0.2, 0.25) is 11.8 Å². The number of hydrogen-bond donors (Lipinski definition) is 1. The van der Waals surface area contributed by atoms with Gasteiger partial charge in [0.1, 0.15) is 6.04 Å². The second kappa shape index (κ2) is 4.39. The van der Waals surface area contributed by atoms with Crippen LogP contribution < -0.4 is 10.6 Å². The minimum Gasteiger partial charge on any atom is -0.368 e. The fourth-order valence-electron chi connectivity index (χ4n) is 2.67. The average Bonchev–Trinajstić information content (AvgIpc) is 2.80. The quantitative estimate of drug-likeness (QED) is 0.888. The Bertz CT molecular complexity index is 661. The number of hydrogen-bond acceptors (Lipinski definition) is 2. The Balaban J connectivity index is 2.18. The van der Waals surface area contributed by atoms with E-state index < -0.39 is 11.9 Å². The van der Waals surface area contributed by atoms with E-state index in [2.05, 4.69) is 0 Å². The van der Waals surface area contributed by atoms with Gasteiger partial charge in [0.05, 0.1) is 5.69 Å². The molecule has 0 bridgehead atoms. The first-order chi connectivity index (χ1) is 9.18. The second-order valence-corrected chi connectivity index (χ2v) is 4.72. The van der Waals surface area contributed by atoms with Crippen LogP contribution in [-0.2, 0) is 9.59 Å². The summed E-state index contributed by atoms with van der Waals surface area (Å²) in [5, 5.41) is 2.01. The molecule has 0 aromatic heterocycles. The van der Waals surface area contributed by atoms with Crippen LogP contribution in [0.4, 0.5) is 5.69 Å². The molecule has 1 saturated heterocycles. The number of amides is 2. The van der Waals surface area contributed by atoms with Gasteiger partial charge in [-0.05, 0) is 17.9 Å². The maximum atomic E-state index is 12.1. The molecule has 96 valence electrons. The van der Waals surface area contributed by atoms with E-state index >= 15 is 0 Å². The van der Waals surface area contributed by atoms with Gasteiger partial charge in [0.25, 0.3) is 0 Å². The van der Waals surface area contributed by atoms with Crippen molar-refractivity contribution in [2.45, 2.75) is 18.9 Å². The summed E-state index contributed by atoms with van der Waals surface area (Å²) in [6.45, 7) is 0. The molecule has 1 fully saturated rings. The van der Waals surface area contributed by atoms with E-state index in [-0.39, 0.29) is 5.91 Å². The van der Waals surface area contributed by atoms with Gasteiger partial charge in [-0.3, -0.25) is 14.5 Å². The van der Waals surface area contributed by atoms with Crippen molar-refractivity contribution in [1.29, 1.82) is 0 Å². The number of benzene rings is 2. The Morgan fingerprint density at radius 3 is 2.68 bits per heavy atom. The number of primary amides is 1. The molecular formula is C15H14N2O2. The van der Waals surface area contributed by atoms with E-state index in [4.69, 9.17) is 5.73 Å². The molecule has 1 aliphatic heterocycles. The first kappa shape index (κ1) is 11.7. The van der Waals surface area contributed by atoms with Crippen molar-refractivity contribution in [3.05, 3.63) is 42.5 Å². The fraction of sp³-hybridized carbons (Fsp3) is 0.200. The highest BCUT2D eigenvalue weighted by atomic mass is 16.2. The maximum absolute atomic E-state index is 12.1. The van der Waals surface area contributed by atoms with E-state index in [1.807, 2.05) is 42.5 Å². The maximum Gasteiger partial charge on any atom is 0.240 e. The third kappa shape index (κ3) is 1.85.